The van der Waals surface area contributed by atoms with Crippen LogP contribution in [-0.4, -0.2) is 26.0 Å². The number of halogens is 1. The molecular formula is C21H20ClN5O2S. The summed E-state index contributed by atoms with van der Waals surface area (Å²) in [6.07, 6.45) is 0.608. The van der Waals surface area contributed by atoms with E-state index in [-0.39, 0.29) is 12.3 Å². The monoisotopic (exact) mass is 441 g/mol. The number of amides is 1. The Morgan fingerprint density at radius 3 is 2.93 bits per heavy atom. The molecule has 30 heavy (non-hydrogen) atoms. The fourth-order valence-electron chi connectivity index (χ4n) is 2.91. The predicted octanol–water partition coefficient (Wildman–Crippen LogP) is 5.08. The first kappa shape index (κ1) is 20.4. The number of rotatable bonds is 7. The second kappa shape index (κ2) is 8.89. The van der Waals surface area contributed by atoms with Crippen LogP contribution in [0.15, 0.2) is 46.1 Å². The molecule has 0 spiro atoms. The lowest BCUT2D eigenvalue weighted by atomic mass is 10.2. The van der Waals surface area contributed by atoms with Crippen molar-refractivity contribution in [3.8, 4) is 0 Å². The zero-order valence-corrected chi connectivity index (χ0v) is 18.1. The second-order valence-corrected chi connectivity index (χ2v) is 8.36. The minimum absolute atomic E-state index is 0.132. The summed E-state index contributed by atoms with van der Waals surface area (Å²) in [5.74, 6) is 1.39. The van der Waals surface area contributed by atoms with Crippen molar-refractivity contribution in [1.82, 2.24) is 20.1 Å². The van der Waals surface area contributed by atoms with Gasteiger partial charge in [-0.1, -0.05) is 40.7 Å². The molecule has 2 aromatic carbocycles. The number of carbonyl (C=O) groups excluding carboxylic acids is 1. The van der Waals surface area contributed by atoms with Gasteiger partial charge in [0.25, 0.3) is 0 Å². The number of carbonyl (C=O) groups is 1. The van der Waals surface area contributed by atoms with Crippen LogP contribution in [0.4, 0.5) is 5.69 Å². The standard InChI is InChI=1S/C21H20ClN5O2S/c1-12-3-6-15-17(9-12)25-21(24-15)30-11-18-26-20(29-27-18)8-7-19(28)23-16-10-14(22)5-4-13(16)2/h3-6,9-10H,7-8,11H2,1-2H3,(H,23,28)(H,24,25). The number of hydrogen-bond donors (Lipinski definition) is 2. The minimum Gasteiger partial charge on any atom is -0.339 e. The van der Waals surface area contributed by atoms with E-state index in [1.165, 1.54) is 17.3 Å². The first-order valence-electron chi connectivity index (χ1n) is 9.43. The Morgan fingerprint density at radius 1 is 1.20 bits per heavy atom. The summed E-state index contributed by atoms with van der Waals surface area (Å²) < 4.78 is 5.27. The number of anilines is 1. The number of nitrogens with zero attached hydrogens (tertiary/aromatic N) is 3. The third kappa shape index (κ3) is 5.01. The molecule has 0 unspecified atom stereocenters. The Morgan fingerprint density at radius 2 is 2.07 bits per heavy atom. The number of nitrogens with one attached hydrogen (secondary N) is 2. The molecule has 0 aliphatic carbocycles. The average Bonchev–Trinajstić information content (AvgIpc) is 3.33. The molecule has 0 bridgehead atoms. The van der Waals surface area contributed by atoms with Gasteiger partial charge in [-0.2, -0.15) is 4.98 Å². The Balaban J connectivity index is 1.29. The van der Waals surface area contributed by atoms with Crippen LogP contribution in [-0.2, 0) is 17.0 Å². The largest absolute Gasteiger partial charge is 0.339 e. The van der Waals surface area contributed by atoms with Gasteiger partial charge in [0.1, 0.15) is 0 Å². The predicted molar refractivity (Wildman–Crippen MR) is 118 cm³/mol. The van der Waals surface area contributed by atoms with Crippen LogP contribution in [0.5, 0.6) is 0 Å². The number of fused-ring (bicyclic) bond motifs is 1. The maximum Gasteiger partial charge on any atom is 0.227 e. The van der Waals surface area contributed by atoms with E-state index in [0.29, 0.717) is 34.6 Å². The molecule has 9 heteroatoms. The van der Waals surface area contributed by atoms with E-state index >= 15 is 0 Å². The van der Waals surface area contributed by atoms with E-state index in [1.807, 2.05) is 32.0 Å². The fraction of sp³-hybridized carbons (Fsp3) is 0.238. The van der Waals surface area contributed by atoms with Crippen LogP contribution in [0.25, 0.3) is 11.0 Å². The molecule has 1 amide bonds. The molecule has 2 aromatic heterocycles. The van der Waals surface area contributed by atoms with E-state index in [0.717, 1.165) is 21.8 Å². The molecule has 0 atom stereocenters. The van der Waals surface area contributed by atoms with Gasteiger partial charge in [-0.25, -0.2) is 4.98 Å². The Hall–Kier alpha value is -2.84. The molecule has 0 fully saturated rings. The van der Waals surface area contributed by atoms with Gasteiger partial charge in [-0.15, -0.1) is 0 Å². The SMILES string of the molecule is Cc1ccc2nc(SCc3noc(CCC(=O)Nc4cc(Cl)ccc4C)n3)[nH]c2c1. The Kier molecular flexibility index (Phi) is 6.06. The van der Waals surface area contributed by atoms with Gasteiger partial charge in [0.2, 0.25) is 11.8 Å². The van der Waals surface area contributed by atoms with Crippen LogP contribution < -0.4 is 5.32 Å². The van der Waals surface area contributed by atoms with E-state index in [1.54, 1.807) is 12.1 Å². The molecule has 0 aliphatic rings. The number of thioether (sulfide) groups is 1. The third-order valence-electron chi connectivity index (χ3n) is 4.50. The molecule has 0 saturated carbocycles. The van der Waals surface area contributed by atoms with Crippen molar-refractivity contribution in [1.29, 1.82) is 0 Å². The summed E-state index contributed by atoms with van der Waals surface area (Å²) in [4.78, 5) is 24.4. The van der Waals surface area contributed by atoms with Gasteiger partial charge < -0.3 is 14.8 Å². The van der Waals surface area contributed by atoms with Gasteiger partial charge in [0.15, 0.2) is 11.0 Å². The number of H-pyrrole nitrogens is 1. The fourth-order valence-corrected chi connectivity index (χ4v) is 3.81. The molecule has 2 N–H and O–H groups in total. The number of hydrogen-bond acceptors (Lipinski definition) is 6. The highest BCUT2D eigenvalue weighted by Crippen LogP contribution is 2.23. The van der Waals surface area contributed by atoms with Crippen molar-refractivity contribution >= 4 is 46.0 Å². The smallest absolute Gasteiger partial charge is 0.227 e. The number of aromatic nitrogens is 4. The normalized spacial score (nSPS) is 11.2. The zero-order chi connectivity index (χ0) is 21.1. The average molecular weight is 442 g/mol. The summed E-state index contributed by atoms with van der Waals surface area (Å²) in [7, 11) is 0. The molecule has 0 radical (unpaired) electrons. The molecule has 0 aliphatic heterocycles. The van der Waals surface area contributed by atoms with Gasteiger partial charge in [0.05, 0.1) is 16.8 Å². The maximum atomic E-state index is 12.2. The van der Waals surface area contributed by atoms with Crippen LogP contribution in [0, 0.1) is 13.8 Å². The zero-order valence-electron chi connectivity index (χ0n) is 16.5. The highest BCUT2D eigenvalue weighted by atomic mass is 35.5. The lowest BCUT2D eigenvalue weighted by molar-refractivity contribution is -0.116. The number of aryl methyl sites for hydroxylation is 3. The summed E-state index contributed by atoms with van der Waals surface area (Å²) in [5, 5.41) is 8.23. The van der Waals surface area contributed by atoms with Crippen molar-refractivity contribution in [2.75, 3.05) is 5.32 Å². The van der Waals surface area contributed by atoms with E-state index in [4.69, 9.17) is 16.1 Å². The van der Waals surface area contributed by atoms with Gasteiger partial charge >= 0.3 is 0 Å². The van der Waals surface area contributed by atoms with Crippen molar-refractivity contribution in [2.45, 2.75) is 37.6 Å². The van der Waals surface area contributed by atoms with Gasteiger partial charge in [-0.3, -0.25) is 4.79 Å². The molecule has 4 aromatic rings. The van der Waals surface area contributed by atoms with Gasteiger partial charge in [-0.05, 0) is 49.2 Å². The van der Waals surface area contributed by atoms with Crippen LogP contribution in [0.1, 0.15) is 29.3 Å². The van der Waals surface area contributed by atoms with Crippen LogP contribution in [0.3, 0.4) is 0 Å². The number of benzene rings is 2. The summed E-state index contributed by atoms with van der Waals surface area (Å²) in [5.41, 5.74) is 4.77. The molecule has 7 nitrogen and oxygen atoms in total. The Labute approximate surface area is 182 Å². The van der Waals surface area contributed by atoms with Crippen LogP contribution in [0.2, 0.25) is 5.02 Å². The molecule has 0 saturated heterocycles. The Bertz CT molecular complexity index is 1200. The quantitative estimate of drug-likeness (QED) is 0.388. The van der Waals surface area contributed by atoms with E-state index in [2.05, 4.69) is 31.5 Å². The number of imidazole rings is 1. The van der Waals surface area contributed by atoms with Crippen molar-refractivity contribution in [3.05, 3.63) is 64.3 Å². The first-order chi connectivity index (χ1) is 14.5. The van der Waals surface area contributed by atoms with Crippen molar-refractivity contribution in [2.24, 2.45) is 0 Å². The highest BCUT2D eigenvalue weighted by molar-refractivity contribution is 7.98. The number of aromatic amines is 1. The third-order valence-corrected chi connectivity index (χ3v) is 5.61. The molecular weight excluding hydrogens is 422 g/mol. The molecule has 4 rings (SSSR count). The van der Waals surface area contributed by atoms with Crippen molar-refractivity contribution in [3.63, 3.8) is 0 Å². The van der Waals surface area contributed by atoms with Gasteiger partial charge in [0, 0.05) is 23.6 Å². The molecule has 2 heterocycles. The van der Waals surface area contributed by atoms with E-state index < -0.39 is 0 Å². The second-order valence-electron chi connectivity index (χ2n) is 6.96. The lowest BCUT2D eigenvalue weighted by Gasteiger charge is -2.08. The summed E-state index contributed by atoms with van der Waals surface area (Å²) in [6.45, 7) is 3.96. The summed E-state index contributed by atoms with van der Waals surface area (Å²) >= 11 is 7.49. The first-order valence-corrected chi connectivity index (χ1v) is 10.8. The highest BCUT2D eigenvalue weighted by Gasteiger charge is 2.12. The topological polar surface area (TPSA) is 96.7 Å². The summed E-state index contributed by atoms with van der Waals surface area (Å²) in [6, 6.07) is 11.5. The lowest BCUT2D eigenvalue weighted by Crippen LogP contribution is -2.13. The van der Waals surface area contributed by atoms with Crippen molar-refractivity contribution < 1.29 is 9.32 Å². The minimum atomic E-state index is -0.132. The van der Waals surface area contributed by atoms with E-state index in [9.17, 15) is 4.79 Å². The van der Waals surface area contributed by atoms with Crippen LogP contribution >= 0.6 is 23.4 Å². The molecule has 154 valence electrons. The maximum absolute atomic E-state index is 12.2.